The molecule has 0 radical (unpaired) electrons. The molecule has 0 aliphatic heterocycles. The van der Waals surface area contributed by atoms with Crippen LogP contribution in [0.4, 0.5) is 0 Å². The van der Waals surface area contributed by atoms with Gasteiger partial charge in [-0.2, -0.15) is 0 Å². The maximum Gasteiger partial charge on any atom is 0.0721 e. The number of aromatic carboxylic acids is 4. The van der Waals surface area contributed by atoms with E-state index in [0.29, 0.717) is 32.3 Å². The first kappa shape index (κ1) is 19.3. The molecule has 0 fully saturated rings. The summed E-state index contributed by atoms with van der Waals surface area (Å²) >= 11 is 0. The largest absolute Gasteiger partial charge is 0.545 e. The highest BCUT2D eigenvalue weighted by molar-refractivity contribution is 6.37. The van der Waals surface area contributed by atoms with E-state index in [2.05, 4.69) is 0 Å². The first-order chi connectivity index (χ1) is 15.2. The molecule has 8 heteroatoms. The fourth-order valence-electron chi connectivity index (χ4n) is 4.57. The standard InChI is InChI=1S/C24H12O8/c25-21(26)13-5-1-9-10-2-6-15(23(29)30)20-16(24(31)32)8-4-12(18(10)20)11-3-7-14(22(27)28)19(13)17(9)11/h1-8H,(H,25,26)(H,27,28)(H,29,30)(H,31,32)/p-4. The van der Waals surface area contributed by atoms with Gasteiger partial charge in [-0.25, -0.2) is 0 Å². The summed E-state index contributed by atoms with van der Waals surface area (Å²) < 4.78 is 0. The zero-order valence-corrected chi connectivity index (χ0v) is 15.9. The van der Waals surface area contributed by atoms with Crippen molar-refractivity contribution in [2.24, 2.45) is 0 Å². The molecule has 5 aromatic carbocycles. The molecule has 0 aliphatic carbocycles. The number of carboxylic acid groups (broad SMARTS) is 4. The van der Waals surface area contributed by atoms with Crippen LogP contribution in [-0.4, -0.2) is 23.9 Å². The minimum Gasteiger partial charge on any atom is -0.545 e. The van der Waals surface area contributed by atoms with E-state index in [9.17, 15) is 39.6 Å². The summed E-state index contributed by atoms with van der Waals surface area (Å²) in [7, 11) is 0. The normalized spacial score (nSPS) is 11.5. The second-order valence-corrected chi connectivity index (χ2v) is 7.29. The molecule has 0 aromatic heterocycles. The van der Waals surface area contributed by atoms with Crippen molar-refractivity contribution in [3.63, 3.8) is 0 Å². The number of fused-ring (bicyclic) bond motifs is 2. The lowest BCUT2D eigenvalue weighted by atomic mass is 9.84. The Morgan fingerprint density at radius 1 is 0.375 bits per heavy atom. The molecule has 5 rings (SSSR count). The Balaban J connectivity index is 2.17. The minimum absolute atomic E-state index is 0.0910. The summed E-state index contributed by atoms with van der Waals surface area (Å²) in [5.74, 6) is -6.31. The molecule has 8 nitrogen and oxygen atoms in total. The number of hydrogen-bond donors (Lipinski definition) is 0. The van der Waals surface area contributed by atoms with Crippen molar-refractivity contribution < 1.29 is 39.6 Å². The number of benzene rings is 5. The summed E-state index contributed by atoms with van der Waals surface area (Å²) in [5.41, 5.74) is -1.38. The Labute approximate surface area is 177 Å². The molecule has 0 spiro atoms. The van der Waals surface area contributed by atoms with Gasteiger partial charge >= 0.3 is 0 Å². The van der Waals surface area contributed by atoms with E-state index in [1.807, 2.05) is 0 Å². The third-order valence-corrected chi connectivity index (χ3v) is 5.78. The maximum absolute atomic E-state index is 11.7. The molecule has 32 heavy (non-hydrogen) atoms. The molecule has 0 saturated heterocycles. The molecule has 156 valence electrons. The van der Waals surface area contributed by atoms with Crippen molar-refractivity contribution in [1.82, 2.24) is 0 Å². The topological polar surface area (TPSA) is 161 Å². The Bertz CT molecular complexity index is 1440. The summed E-state index contributed by atoms with van der Waals surface area (Å²) in [6.07, 6.45) is 0. The lowest BCUT2D eigenvalue weighted by Gasteiger charge is -2.22. The van der Waals surface area contributed by atoms with Crippen molar-refractivity contribution in [1.29, 1.82) is 0 Å². The summed E-state index contributed by atoms with van der Waals surface area (Å²) in [6, 6.07) is 10.5. The predicted octanol–water partition coefficient (Wildman–Crippen LogP) is -0.809. The quantitative estimate of drug-likeness (QED) is 0.267. The summed E-state index contributed by atoms with van der Waals surface area (Å²) in [4.78, 5) is 46.9. The lowest BCUT2D eigenvalue weighted by Crippen LogP contribution is -2.26. The van der Waals surface area contributed by atoms with Crippen molar-refractivity contribution in [3.8, 4) is 0 Å². The first-order valence-electron chi connectivity index (χ1n) is 9.28. The second kappa shape index (κ2) is 6.39. The van der Waals surface area contributed by atoms with Gasteiger partial charge in [0.1, 0.15) is 0 Å². The van der Waals surface area contributed by atoms with E-state index in [4.69, 9.17) is 0 Å². The Hall–Kier alpha value is -4.72. The predicted molar refractivity (Wildman–Crippen MR) is 105 cm³/mol. The van der Waals surface area contributed by atoms with Crippen LogP contribution in [0.5, 0.6) is 0 Å². The number of carboxylic acids is 4. The van der Waals surface area contributed by atoms with Gasteiger partial charge in [0, 0.05) is 33.0 Å². The van der Waals surface area contributed by atoms with Gasteiger partial charge in [-0.3, -0.25) is 0 Å². The summed E-state index contributed by atoms with van der Waals surface area (Å²) in [5, 5.41) is 48.9. The first-order valence-corrected chi connectivity index (χ1v) is 9.28. The van der Waals surface area contributed by atoms with Crippen LogP contribution in [0.3, 0.4) is 0 Å². The molecule has 0 unspecified atom stereocenters. The van der Waals surface area contributed by atoms with Crippen LogP contribution in [0, 0.1) is 0 Å². The minimum atomic E-state index is -1.58. The molecule has 0 amide bonds. The number of rotatable bonds is 4. The molecule has 0 atom stereocenters. The molecule has 0 heterocycles. The Kier molecular flexibility index (Phi) is 3.84. The van der Waals surface area contributed by atoms with Gasteiger partial charge in [-0.15, -0.1) is 0 Å². The third kappa shape index (κ3) is 2.37. The molecule has 0 N–H and O–H groups in total. The molecule has 5 aromatic rings. The molecule has 0 bridgehead atoms. The van der Waals surface area contributed by atoms with E-state index in [-0.39, 0.29) is 33.0 Å². The van der Waals surface area contributed by atoms with E-state index in [0.717, 1.165) is 0 Å². The third-order valence-electron chi connectivity index (χ3n) is 5.78. The van der Waals surface area contributed by atoms with Crippen LogP contribution in [-0.2, 0) is 0 Å². The number of carbonyl (C=O) groups excluding carboxylic acids is 4. The van der Waals surface area contributed by atoms with Crippen molar-refractivity contribution in [2.75, 3.05) is 0 Å². The van der Waals surface area contributed by atoms with Gasteiger partial charge in [-0.1, -0.05) is 48.5 Å². The average molecular weight is 424 g/mol. The van der Waals surface area contributed by atoms with Crippen LogP contribution in [0.1, 0.15) is 41.4 Å². The fraction of sp³-hybridized carbons (Fsp3) is 0. The van der Waals surface area contributed by atoms with Crippen molar-refractivity contribution in [2.45, 2.75) is 0 Å². The Morgan fingerprint density at radius 3 is 0.781 bits per heavy atom. The van der Waals surface area contributed by atoms with Gasteiger partial charge < -0.3 is 39.6 Å². The molecular weight excluding hydrogens is 416 g/mol. The zero-order chi connectivity index (χ0) is 22.9. The lowest BCUT2D eigenvalue weighted by molar-refractivity contribution is -0.256. The summed E-state index contributed by atoms with van der Waals surface area (Å²) in [6.45, 7) is 0. The molecule has 0 saturated carbocycles. The van der Waals surface area contributed by atoms with Crippen LogP contribution in [0.25, 0.3) is 43.1 Å². The Morgan fingerprint density at radius 2 is 0.594 bits per heavy atom. The molecular formula is C24H8O8-4. The van der Waals surface area contributed by atoms with E-state index in [1.54, 1.807) is 0 Å². The average Bonchev–Trinajstić information content (AvgIpc) is 2.75. The van der Waals surface area contributed by atoms with Crippen LogP contribution < -0.4 is 20.4 Å². The van der Waals surface area contributed by atoms with Gasteiger partial charge in [0.2, 0.25) is 0 Å². The van der Waals surface area contributed by atoms with Gasteiger partial charge in [0.25, 0.3) is 0 Å². The van der Waals surface area contributed by atoms with Crippen molar-refractivity contribution in [3.05, 3.63) is 70.8 Å². The van der Waals surface area contributed by atoms with E-state index in [1.165, 1.54) is 48.5 Å². The van der Waals surface area contributed by atoms with Crippen LogP contribution in [0.2, 0.25) is 0 Å². The van der Waals surface area contributed by atoms with Gasteiger partial charge in [0.15, 0.2) is 0 Å². The van der Waals surface area contributed by atoms with E-state index >= 15 is 0 Å². The number of hydrogen-bond acceptors (Lipinski definition) is 8. The van der Waals surface area contributed by atoms with Crippen molar-refractivity contribution >= 4 is 67.0 Å². The second-order valence-electron chi connectivity index (χ2n) is 7.29. The van der Waals surface area contributed by atoms with Gasteiger partial charge in [0.05, 0.1) is 23.9 Å². The van der Waals surface area contributed by atoms with Crippen LogP contribution in [0.15, 0.2) is 48.5 Å². The fourth-order valence-corrected chi connectivity index (χ4v) is 4.57. The van der Waals surface area contributed by atoms with Crippen LogP contribution >= 0.6 is 0 Å². The van der Waals surface area contributed by atoms with Gasteiger partial charge in [-0.05, 0) is 32.3 Å². The monoisotopic (exact) mass is 424 g/mol. The highest BCUT2D eigenvalue weighted by atomic mass is 16.4. The highest BCUT2D eigenvalue weighted by Gasteiger charge is 2.20. The molecule has 0 aliphatic rings. The zero-order valence-electron chi connectivity index (χ0n) is 15.9. The SMILES string of the molecule is O=C([O-])c1ccc2c3ccc(C(=O)[O-])c4c(C(=O)[O-])ccc(c5ccc(C(=O)[O-])c1c25)c43. The highest BCUT2D eigenvalue weighted by Crippen LogP contribution is 2.43. The van der Waals surface area contributed by atoms with E-state index < -0.39 is 23.9 Å². The number of carbonyl (C=O) groups is 4. The smallest absolute Gasteiger partial charge is 0.0721 e. The maximum atomic E-state index is 11.7.